The van der Waals surface area contributed by atoms with E-state index in [1.54, 1.807) is 0 Å². The van der Waals surface area contributed by atoms with Crippen LogP contribution >= 0.6 is 0 Å². The molecular weight excluding hydrogens is 256 g/mol. The molecule has 0 saturated heterocycles. The van der Waals surface area contributed by atoms with Crippen molar-refractivity contribution in [1.82, 2.24) is 0 Å². The molecule has 0 bridgehead atoms. The molecule has 0 fully saturated rings. The maximum absolute atomic E-state index is 14.0. The molecule has 0 spiro atoms. The summed E-state index contributed by atoms with van der Waals surface area (Å²) in [6.45, 7) is 6.83. The van der Waals surface area contributed by atoms with E-state index in [0.29, 0.717) is 18.2 Å². The van der Waals surface area contributed by atoms with Crippen molar-refractivity contribution in [3.63, 3.8) is 0 Å². The van der Waals surface area contributed by atoms with Gasteiger partial charge in [-0.3, -0.25) is 0 Å². The van der Waals surface area contributed by atoms with Gasteiger partial charge in [0.05, 0.1) is 5.69 Å². The van der Waals surface area contributed by atoms with E-state index in [9.17, 15) is 8.78 Å². The zero-order valence-electron chi connectivity index (χ0n) is 12.0. The van der Waals surface area contributed by atoms with Crippen LogP contribution < -0.4 is 4.90 Å². The van der Waals surface area contributed by atoms with Crippen molar-refractivity contribution in [3.8, 4) is 0 Å². The Kier molecular flexibility index (Phi) is 4.38. The molecular formula is C17H19F2N. The van der Waals surface area contributed by atoms with Crippen molar-refractivity contribution >= 4 is 11.4 Å². The minimum absolute atomic E-state index is 0.362. The molecule has 0 saturated carbocycles. The SMILES string of the molecule is Cc1ccc(N(CC(C)C)c2ccc(F)cc2F)cc1. The van der Waals surface area contributed by atoms with E-state index in [1.165, 1.54) is 12.1 Å². The van der Waals surface area contributed by atoms with Crippen LogP contribution in [0.15, 0.2) is 42.5 Å². The number of halogens is 2. The third-order valence-electron chi connectivity index (χ3n) is 3.09. The first-order valence-electron chi connectivity index (χ1n) is 6.76. The topological polar surface area (TPSA) is 3.24 Å². The molecule has 0 aliphatic rings. The summed E-state index contributed by atoms with van der Waals surface area (Å²) in [4.78, 5) is 1.89. The van der Waals surface area contributed by atoms with Crippen LogP contribution in [0.3, 0.4) is 0 Å². The molecule has 0 heterocycles. The minimum atomic E-state index is -0.556. The predicted octanol–water partition coefficient (Wildman–Crippen LogP) is 5.07. The standard InChI is InChI=1S/C17H19F2N/c1-12(2)11-20(15-7-4-13(3)5-8-15)17-9-6-14(18)10-16(17)19/h4-10,12H,11H2,1-3H3. The molecule has 1 nitrogen and oxygen atoms in total. The van der Waals surface area contributed by atoms with Crippen molar-refractivity contribution < 1.29 is 8.78 Å². The molecule has 0 atom stereocenters. The van der Waals surface area contributed by atoms with Gasteiger partial charge in [-0.1, -0.05) is 31.5 Å². The van der Waals surface area contributed by atoms with Crippen molar-refractivity contribution in [2.45, 2.75) is 20.8 Å². The van der Waals surface area contributed by atoms with Crippen LogP contribution in [0.2, 0.25) is 0 Å². The summed E-state index contributed by atoms with van der Waals surface area (Å²) in [7, 11) is 0. The van der Waals surface area contributed by atoms with Crippen LogP contribution in [0, 0.1) is 24.5 Å². The Morgan fingerprint density at radius 3 is 2.20 bits per heavy atom. The molecule has 0 aromatic heterocycles. The number of aryl methyl sites for hydroxylation is 1. The fourth-order valence-electron chi connectivity index (χ4n) is 2.13. The van der Waals surface area contributed by atoms with Gasteiger partial charge < -0.3 is 4.90 Å². The van der Waals surface area contributed by atoms with E-state index in [2.05, 4.69) is 13.8 Å². The van der Waals surface area contributed by atoms with E-state index in [-0.39, 0.29) is 0 Å². The predicted molar refractivity (Wildman–Crippen MR) is 79.4 cm³/mol. The highest BCUT2D eigenvalue weighted by Gasteiger charge is 2.15. The first-order valence-corrected chi connectivity index (χ1v) is 6.76. The Hall–Kier alpha value is -1.90. The van der Waals surface area contributed by atoms with Gasteiger partial charge in [-0.2, -0.15) is 0 Å². The molecule has 2 aromatic rings. The lowest BCUT2D eigenvalue weighted by atomic mass is 10.1. The van der Waals surface area contributed by atoms with Gasteiger partial charge in [-0.05, 0) is 37.1 Å². The zero-order chi connectivity index (χ0) is 14.7. The van der Waals surface area contributed by atoms with E-state index in [0.717, 1.165) is 17.3 Å². The number of hydrogen-bond donors (Lipinski definition) is 0. The van der Waals surface area contributed by atoms with Crippen molar-refractivity contribution in [2.24, 2.45) is 5.92 Å². The average molecular weight is 275 g/mol. The molecule has 0 unspecified atom stereocenters. The van der Waals surface area contributed by atoms with Gasteiger partial charge in [0, 0.05) is 18.3 Å². The lowest BCUT2D eigenvalue weighted by Crippen LogP contribution is -2.23. The molecule has 0 aliphatic carbocycles. The molecule has 0 amide bonds. The third kappa shape index (κ3) is 3.35. The van der Waals surface area contributed by atoms with Crippen LogP contribution in [0.1, 0.15) is 19.4 Å². The summed E-state index contributed by atoms with van der Waals surface area (Å²) < 4.78 is 27.1. The molecule has 0 radical (unpaired) electrons. The van der Waals surface area contributed by atoms with Crippen LogP contribution in [0.5, 0.6) is 0 Å². The molecule has 3 heteroatoms. The first-order chi connectivity index (χ1) is 9.47. The van der Waals surface area contributed by atoms with Crippen molar-refractivity contribution in [1.29, 1.82) is 0 Å². The highest BCUT2D eigenvalue weighted by Crippen LogP contribution is 2.29. The van der Waals surface area contributed by atoms with Gasteiger partial charge >= 0.3 is 0 Å². The lowest BCUT2D eigenvalue weighted by molar-refractivity contribution is 0.576. The first kappa shape index (κ1) is 14.5. The normalized spacial score (nSPS) is 10.9. The van der Waals surface area contributed by atoms with Gasteiger partial charge in [-0.25, -0.2) is 8.78 Å². The van der Waals surface area contributed by atoms with Gasteiger partial charge in [0.15, 0.2) is 0 Å². The summed E-state index contributed by atoms with van der Waals surface area (Å²) in [5, 5.41) is 0. The van der Waals surface area contributed by atoms with Crippen molar-refractivity contribution in [3.05, 3.63) is 59.7 Å². The van der Waals surface area contributed by atoms with Gasteiger partial charge in [0.2, 0.25) is 0 Å². The maximum atomic E-state index is 14.0. The molecule has 2 rings (SSSR count). The largest absolute Gasteiger partial charge is 0.339 e. The number of rotatable bonds is 4. The lowest BCUT2D eigenvalue weighted by Gasteiger charge is -2.27. The van der Waals surface area contributed by atoms with Crippen molar-refractivity contribution in [2.75, 3.05) is 11.4 Å². The molecule has 0 N–H and O–H groups in total. The van der Waals surface area contributed by atoms with Crippen LogP contribution in [-0.4, -0.2) is 6.54 Å². The third-order valence-corrected chi connectivity index (χ3v) is 3.09. The fourth-order valence-corrected chi connectivity index (χ4v) is 2.13. The van der Waals surface area contributed by atoms with Gasteiger partial charge in [-0.15, -0.1) is 0 Å². The molecule has 106 valence electrons. The molecule has 20 heavy (non-hydrogen) atoms. The Balaban J connectivity index is 2.43. The summed E-state index contributed by atoms with van der Waals surface area (Å²) in [5.74, 6) is -0.730. The smallest absolute Gasteiger partial charge is 0.149 e. The number of hydrogen-bond acceptors (Lipinski definition) is 1. The minimum Gasteiger partial charge on any atom is -0.339 e. The number of anilines is 2. The second-order valence-electron chi connectivity index (χ2n) is 5.44. The number of nitrogens with zero attached hydrogens (tertiary/aromatic N) is 1. The number of benzene rings is 2. The van der Waals surface area contributed by atoms with Crippen LogP contribution in [0.4, 0.5) is 20.2 Å². The zero-order valence-corrected chi connectivity index (χ0v) is 12.0. The Bertz CT molecular complexity index is 576. The second kappa shape index (κ2) is 6.04. The van der Waals surface area contributed by atoms with E-state index >= 15 is 0 Å². The summed E-state index contributed by atoms with van der Waals surface area (Å²) in [5.41, 5.74) is 2.47. The summed E-state index contributed by atoms with van der Waals surface area (Å²) in [6, 6.07) is 11.6. The molecule has 2 aromatic carbocycles. The highest BCUT2D eigenvalue weighted by atomic mass is 19.1. The Morgan fingerprint density at radius 2 is 1.65 bits per heavy atom. The average Bonchev–Trinajstić information content (AvgIpc) is 2.37. The Labute approximate surface area is 118 Å². The van der Waals surface area contributed by atoms with Crippen LogP contribution in [-0.2, 0) is 0 Å². The van der Waals surface area contributed by atoms with Gasteiger partial charge in [0.25, 0.3) is 0 Å². The van der Waals surface area contributed by atoms with E-state index < -0.39 is 11.6 Å². The van der Waals surface area contributed by atoms with E-state index in [4.69, 9.17) is 0 Å². The second-order valence-corrected chi connectivity index (χ2v) is 5.44. The quantitative estimate of drug-likeness (QED) is 0.753. The van der Waals surface area contributed by atoms with Crippen LogP contribution in [0.25, 0.3) is 0 Å². The summed E-state index contributed by atoms with van der Waals surface area (Å²) >= 11 is 0. The Morgan fingerprint density at radius 1 is 1.00 bits per heavy atom. The maximum Gasteiger partial charge on any atom is 0.149 e. The highest BCUT2D eigenvalue weighted by molar-refractivity contribution is 5.64. The monoisotopic (exact) mass is 275 g/mol. The molecule has 0 aliphatic heterocycles. The summed E-state index contributed by atoms with van der Waals surface area (Å²) in [6.07, 6.45) is 0. The fraction of sp³-hybridized carbons (Fsp3) is 0.294. The van der Waals surface area contributed by atoms with E-state index in [1.807, 2.05) is 36.1 Å². The van der Waals surface area contributed by atoms with Gasteiger partial charge in [0.1, 0.15) is 11.6 Å².